The zero-order valence-corrected chi connectivity index (χ0v) is 16.2. The minimum atomic E-state index is -4.54. The van der Waals surface area contributed by atoms with E-state index < -0.39 is 48.7 Å². The summed E-state index contributed by atoms with van der Waals surface area (Å²) >= 11 is 0. The Kier molecular flexibility index (Phi) is 5.65. The lowest BCUT2D eigenvalue weighted by molar-refractivity contribution is -0.126. The van der Waals surface area contributed by atoms with Gasteiger partial charge in [0.15, 0.2) is 27.7 Å². The van der Waals surface area contributed by atoms with Gasteiger partial charge in [0.2, 0.25) is 5.91 Å². The molecule has 1 aliphatic heterocycles. The monoisotopic (exact) mass is 404 g/mol. The van der Waals surface area contributed by atoms with Crippen molar-refractivity contribution in [2.24, 2.45) is 5.41 Å². The molecule has 0 saturated heterocycles. The molecule has 3 N–H and O–H groups in total. The first kappa shape index (κ1) is 21.3. The lowest BCUT2D eigenvalue weighted by atomic mass is 9.90. The quantitative estimate of drug-likeness (QED) is 0.662. The lowest BCUT2D eigenvalue weighted by Gasteiger charge is -2.25. The molecule has 1 atom stereocenters. The van der Waals surface area contributed by atoms with Crippen LogP contribution in [0.15, 0.2) is 34.9 Å². The highest BCUT2D eigenvalue weighted by atomic mass is 32.2. The number of hydroxylamine groups is 1. The maximum Gasteiger partial charge on any atom is 0.243 e. The number of aliphatic hydroxyl groups is 1. The third-order valence-electron chi connectivity index (χ3n) is 4.44. The molecule has 1 amide bonds. The SMILES string of the molecule is CC(C)(CO)C1=CC(NC(=O)C(C)(C)S(=O)(=O)c2cccc(F)c2F)ON1. The molecule has 0 aliphatic carbocycles. The van der Waals surface area contributed by atoms with E-state index in [9.17, 15) is 27.1 Å². The zero-order chi connectivity index (χ0) is 20.6. The Bertz CT molecular complexity index is 881. The van der Waals surface area contributed by atoms with E-state index in [2.05, 4.69) is 10.8 Å². The summed E-state index contributed by atoms with van der Waals surface area (Å²) in [7, 11) is -4.54. The Balaban J connectivity index is 2.26. The van der Waals surface area contributed by atoms with Crippen LogP contribution < -0.4 is 10.8 Å². The van der Waals surface area contributed by atoms with Crippen LogP contribution in [0, 0.1) is 17.0 Å². The molecule has 0 fully saturated rings. The number of aliphatic hydroxyl groups excluding tert-OH is 1. The van der Waals surface area contributed by atoms with Gasteiger partial charge in [-0.15, -0.1) is 0 Å². The van der Waals surface area contributed by atoms with Crippen LogP contribution in [0.25, 0.3) is 0 Å². The maximum atomic E-state index is 14.0. The summed E-state index contributed by atoms with van der Waals surface area (Å²) in [6, 6.07) is 2.74. The van der Waals surface area contributed by atoms with Crippen LogP contribution in [0.4, 0.5) is 8.78 Å². The molecule has 1 aromatic rings. The van der Waals surface area contributed by atoms with E-state index in [4.69, 9.17) is 4.84 Å². The average molecular weight is 404 g/mol. The molecule has 1 heterocycles. The van der Waals surface area contributed by atoms with Crippen molar-refractivity contribution in [3.63, 3.8) is 0 Å². The van der Waals surface area contributed by atoms with Crippen molar-refractivity contribution < 1.29 is 31.9 Å². The van der Waals surface area contributed by atoms with Gasteiger partial charge in [0.1, 0.15) is 9.64 Å². The van der Waals surface area contributed by atoms with Gasteiger partial charge >= 0.3 is 0 Å². The van der Waals surface area contributed by atoms with E-state index in [0.29, 0.717) is 5.70 Å². The van der Waals surface area contributed by atoms with Crippen LogP contribution in [0.2, 0.25) is 0 Å². The molecule has 150 valence electrons. The first-order valence-electron chi connectivity index (χ1n) is 8.09. The van der Waals surface area contributed by atoms with Crippen LogP contribution >= 0.6 is 0 Å². The van der Waals surface area contributed by atoms with Crippen molar-refractivity contribution in [3.05, 3.63) is 41.6 Å². The molecular weight excluding hydrogens is 382 g/mol. The van der Waals surface area contributed by atoms with Crippen LogP contribution in [-0.2, 0) is 19.5 Å². The molecule has 0 aromatic heterocycles. The number of hydrogen-bond donors (Lipinski definition) is 3. The Hall–Kier alpha value is -2.04. The number of carbonyl (C=O) groups excluding carboxylic acids is 1. The van der Waals surface area contributed by atoms with Gasteiger partial charge in [0.05, 0.1) is 6.61 Å². The van der Waals surface area contributed by atoms with Crippen molar-refractivity contribution in [2.75, 3.05) is 6.61 Å². The van der Waals surface area contributed by atoms with Crippen molar-refractivity contribution >= 4 is 15.7 Å². The van der Waals surface area contributed by atoms with Gasteiger partial charge in [-0.1, -0.05) is 19.9 Å². The molecule has 0 radical (unpaired) electrons. The van der Waals surface area contributed by atoms with Crippen LogP contribution in [-0.4, -0.2) is 37.0 Å². The van der Waals surface area contributed by atoms with Crippen molar-refractivity contribution in [1.29, 1.82) is 0 Å². The standard InChI is InChI=1S/C17H22F2N2O5S/c1-16(2,9-22)12-8-13(26-21-12)20-15(23)17(3,4)27(24,25)11-7-5-6-10(18)14(11)19/h5-8,13,21-22H,9H2,1-4H3,(H,20,23). The number of amides is 1. The Morgan fingerprint density at radius 2 is 1.93 bits per heavy atom. The molecule has 27 heavy (non-hydrogen) atoms. The van der Waals surface area contributed by atoms with Gasteiger partial charge in [-0.05, 0) is 32.1 Å². The van der Waals surface area contributed by atoms with Crippen LogP contribution in [0.1, 0.15) is 27.7 Å². The second-order valence-corrected chi connectivity index (χ2v) is 9.77. The molecule has 0 saturated carbocycles. The highest BCUT2D eigenvalue weighted by Crippen LogP contribution is 2.30. The second-order valence-electron chi connectivity index (χ2n) is 7.30. The summed E-state index contributed by atoms with van der Waals surface area (Å²) in [5, 5.41) is 11.7. The number of nitrogens with one attached hydrogen (secondary N) is 2. The van der Waals surface area contributed by atoms with Crippen molar-refractivity contribution in [3.8, 4) is 0 Å². The minimum Gasteiger partial charge on any atom is -0.395 e. The predicted molar refractivity (Wildman–Crippen MR) is 92.7 cm³/mol. The van der Waals surface area contributed by atoms with E-state index >= 15 is 0 Å². The fraction of sp³-hybridized carbons (Fsp3) is 0.471. The lowest BCUT2D eigenvalue weighted by Crippen LogP contribution is -2.51. The van der Waals surface area contributed by atoms with E-state index in [-0.39, 0.29) is 6.61 Å². The van der Waals surface area contributed by atoms with Gasteiger partial charge in [0.25, 0.3) is 0 Å². The van der Waals surface area contributed by atoms with E-state index in [1.807, 2.05) is 0 Å². The van der Waals surface area contributed by atoms with Gasteiger partial charge in [-0.3, -0.25) is 10.3 Å². The minimum absolute atomic E-state index is 0.186. The molecule has 1 aromatic carbocycles. The number of benzene rings is 1. The summed E-state index contributed by atoms with van der Waals surface area (Å²) in [6.45, 7) is 5.47. The first-order valence-corrected chi connectivity index (χ1v) is 9.57. The average Bonchev–Trinajstić information content (AvgIpc) is 3.06. The molecule has 2 rings (SSSR count). The Morgan fingerprint density at radius 1 is 1.30 bits per heavy atom. The van der Waals surface area contributed by atoms with E-state index in [1.54, 1.807) is 13.8 Å². The molecule has 10 heteroatoms. The first-order chi connectivity index (χ1) is 12.3. The number of halogens is 2. The predicted octanol–water partition coefficient (Wildman–Crippen LogP) is 1.40. The molecule has 0 spiro atoms. The normalized spacial score (nSPS) is 18.0. The number of rotatable bonds is 6. The summed E-state index contributed by atoms with van der Waals surface area (Å²) < 4.78 is 50.8. The smallest absolute Gasteiger partial charge is 0.243 e. The number of sulfone groups is 1. The molecule has 1 aliphatic rings. The van der Waals surface area contributed by atoms with Crippen LogP contribution in [0.5, 0.6) is 0 Å². The summed E-state index contributed by atoms with van der Waals surface area (Å²) in [6.07, 6.45) is 0.490. The van der Waals surface area contributed by atoms with Gasteiger partial charge in [-0.25, -0.2) is 22.0 Å². The third-order valence-corrected chi connectivity index (χ3v) is 6.86. The fourth-order valence-corrected chi connectivity index (χ4v) is 3.70. The number of carbonyl (C=O) groups is 1. The fourth-order valence-electron chi connectivity index (χ4n) is 2.26. The highest BCUT2D eigenvalue weighted by molar-refractivity contribution is 7.93. The Labute approximate surface area is 156 Å². The summed E-state index contributed by atoms with van der Waals surface area (Å²) in [5.74, 6) is -3.82. The van der Waals surface area contributed by atoms with Crippen molar-refractivity contribution in [2.45, 2.75) is 43.6 Å². The topological polar surface area (TPSA) is 105 Å². The zero-order valence-electron chi connectivity index (χ0n) is 15.3. The molecule has 0 bridgehead atoms. The highest BCUT2D eigenvalue weighted by Gasteiger charge is 2.45. The maximum absolute atomic E-state index is 14.0. The van der Waals surface area contributed by atoms with Crippen molar-refractivity contribution in [1.82, 2.24) is 10.8 Å². The third kappa shape index (κ3) is 3.83. The van der Waals surface area contributed by atoms with Gasteiger partial charge < -0.3 is 10.4 Å². The van der Waals surface area contributed by atoms with E-state index in [1.165, 1.54) is 6.08 Å². The van der Waals surface area contributed by atoms with Crippen LogP contribution in [0.3, 0.4) is 0 Å². The molecule has 7 nitrogen and oxygen atoms in total. The number of hydrogen-bond acceptors (Lipinski definition) is 6. The summed E-state index contributed by atoms with van der Waals surface area (Å²) in [4.78, 5) is 16.8. The second kappa shape index (κ2) is 7.17. The van der Waals surface area contributed by atoms with Gasteiger partial charge in [-0.2, -0.15) is 0 Å². The Morgan fingerprint density at radius 3 is 2.52 bits per heavy atom. The van der Waals surface area contributed by atoms with E-state index in [0.717, 1.165) is 32.0 Å². The summed E-state index contributed by atoms with van der Waals surface area (Å²) in [5.41, 5.74) is 2.41. The molecular formula is C17H22F2N2O5S. The van der Waals surface area contributed by atoms with Gasteiger partial charge in [0, 0.05) is 11.1 Å². The molecule has 1 unspecified atom stereocenters. The largest absolute Gasteiger partial charge is 0.395 e.